The minimum atomic E-state index is -0.814. The van der Waals surface area contributed by atoms with Gasteiger partial charge in [0, 0.05) is 19.0 Å². The van der Waals surface area contributed by atoms with E-state index >= 15 is 0 Å². The number of hydrogen-bond donors (Lipinski definition) is 1. The molecule has 1 atom stereocenters. The summed E-state index contributed by atoms with van der Waals surface area (Å²) in [7, 11) is 0. The average Bonchev–Trinajstić information content (AvgIpc) is 2.93. The fourth-order valence-electron chi connectivity index (χ4n) is 4.72. The van der Waals surface area contributed by atoms with Gasteiger partial charge in [0.25, 0.3) is 5.91 Å². The van der Waals surface area contributed by atoms with Gasteiger partial charge < -0.3 is 15.0 Å². The van der Waals surface area contributed by atoms with E-state index in [-0.39, 0.29) is 24.2 Å². The zero-order valence-electron chi connectivity index (χ0n) is 21.0. The zero-order valence-corrected chi connectivity index (χ0v) is 22.6. The number of para-hydroxylation sites is 1. The van der Waals surface area contributed by atoms with Crippen LogP contribution in [0.5, 0.6) is 5.75 Å². The summed E-state index contributed by atoms with van der Waals surface area (Å²) in [6.07, 6.45) is 5.44. The van der Waals surface area contributed by atoms with Gasteiger partial charge in [-0.25, -0.2) is 4.39 Å². The Labute approximate surface area is 232 Å². The Morgan fingerprint density at radius 3 is 2.34 bits per heavy atom. The van der Waals surface area contributed by atoms with Gasteiger partial charge in [0.15, 0.2) is 18.2 Å². The maximum Gasteiger partial charge on any atom is 0.261 e. The van der Waals surface area contributed by atoms with Crippen molar-refractivity contribution in [3.05, 3.63) is 99.8 Å². The summed E-state index contributed by atoms with van der Waals surface area (Å²) in [5.41, 5.74) is 1.63. The topological polar surface area (TPSA) is 58.6 Å². The molecule has 1 saturated carbocycles. The fraction of sp³-hybridized carbons (Fsp3) is 0.333. The van der Waals surface area contributed by atoms with Crippen molar-refractivity contribution < 1.29 is 18.7 Å². The molecular formula is C30H31Cl2FN2O3. The molecule has 0 aromatic heterocycles. The van der Waals surface area contributed by atoms with Gasteiger partial charge in [-0.3, -0.25) is 9.59 Å². The summed E-state index contributed by atoms with van der Waals surface area (Å²) in [6.45, 7) is -0.323. The lowest BCUT2D eigenvalue weighted by Gasteiger charge is -2.33. The first-order valence-corrected chi connectivity index (χ1v) is 13.6. The SMILES string of the molecule is O=C(NC1CCCCC1)C(Cc1ccccc1)N(Cc1ccc(Cl)c(Cl)c1)C(=O)COc1ccccc1F. The maximum atomic E-state index is 14.2. The number of carbonyl (C=O) groups is 2. The number of hydrogen-bond acceptors (Lipinski definition) is 3. The molecule has 2 amide bonds. The summed E-state index contributed by atoms with van der Waals surface area (Å²) in [5.74, 6) is -1.26. The highest BCUT2D eigenvalue weighted by Gasteiger charge is 2.32. The number of ether oxygens (including phenoxy) is 1. The lowest BCUT2D eigenvalue weighted by atomic mass is 9.94. The van der Waals surface area contributed by atoms with Gasteiger partial charge in [0.1, 0.15) is 6.04 Å². The van der Waals surface area contributed by atoms with Crippen molar-refractivity contribution in [1.29, 1.82) is 0 Å². The van der Waals surface area contributed by atoms with E-state index in [4.69, 9.17) is 27.9 Å². The molecule has 1 aliphatic rings. The van der Waals surface area contributed by atoms with Crippen LogP contribution in [0, 0.1) is 5.82 Å². The number of amides is 2. The van der Waals surface area contributed by atoms with E-state index in [1.807, 2.05) is 30.3 Å². The molecule has 1 unspecified atom stereocenters. The van der Waals surface area contributed by atoms with Crippen molar-refractivity contribution in [2.24, 2.45) is 0 Å². The monoisotopic (exact) mass is 556 g/mol. The van der Waals surface area contributed by atoms with E-state index in [1.165, 1.54) is 17.0 Å². The average molecular weight is 557 g/mol. The summed E-state index contributed by atoms with van der Waals surface area (Å²) in [5, 5.41) is 3.93. The molecule has 0 spiro atoms. The third kappa shape index (κ3) is 7.71. The Bertz CT molecular complexity index is 1240. The number of halogens is 3. The summed E-state index contributed by atoms with van der Waals surface area (Å²) >= 11 is 12.4. The number of nitrogens with zero attached hydrogens (tertiary/aromatic N) is 1. The minimum absolute atomic E-state index is 0.0263. The van der Waals surface area contributed by atoms with E-state index in [9.17, 15) is 14.0 Å². The molecule has 1 N–H and O–H groups in total. The van der Waals surface area contributed by atoms with E-state index < -0.39 is 24.4 Å². The number of carbonyl (C=O) groups excluding carboxylic acids is 2. The van der Waals surface area contributed by atoms with E-state index in [2.05, 4.69) is 5.32 Å². The summed E-state index contributed by atoms with van der Waals surface area (Å²) in [6, 6.07) is 19.8. The van der Waals surface area contributed by atoms with Gasteiger partial charge in [0.2, 0.25) is 5.91 Å². The molecule has 3 aromatic carbocycles. The third-order valence-electron chi connectivity index (χ3n) is 6.75. The normalized spacial score (nSPS) is 14.5. The van der Waals surface area contributed by atoms with Crippen LogP contribution in [0.2, 0.25) is 10.0 Å². The molecule has 4 rings (SSSR count). The van der Waals surface area contributed by atoms with Gasteiger partial charge in [-0.1, -0.05) is 91.0 Å². The van der Waals surface area contributed by atoms with E-state index in [0.29, 0.717) is 22.0 Å². The predicted molar refractivity (Wildman–Crippen MR) is 148 cm³/mol. The highest BCUT2D eigenvalue weighted by Crippen LogP contribution is 2.25. The lowest BCUT2D eigenvalue weighted by molar-refractivity contribution is -0.143. The second-order valence-corrected chi connectivity index (χ2v) is 10.4. The Balaban J connectivity index is 1.63. The van der Waals surface area contributed by atoms with Crippen LogP contribution in [-0.4, -0.2) is 35.4 Å². The van der Waals surface area contributed by atoms with Gasteiger partial charge in [-0.2, -0.15) is 0 Å². The Morgan fingerprint density at radius 2 is 1.63 bits per heavy atom. The first kappa shape index (κ1) is 27.9. The van der Waals surface area contributed by atoms with Gasteiger partial charge in [-0.15, -0.1) is 0 Å². The van der Waals surface area contributed by atoms with Gasteiger partial charge >= 0.3 is 0 Å². The Morgan fingerprint density at radius 1 is 0.921 bits per heavy atom. The highest BCUT2D eigenvalue weighted by atomic mass is 35.5. The smallest absolute Gasteiger partial charge is 0.261 e. The molecule has 3 aromatic rings. The first-order chi connectivity index (χ1) is 18.4. The summed E-state index contributed by atoms with van der Waals surface area (Å²) < 4.78 is 19.7. The predicted octanol–water partition coefficient (Wildman–Crippen LogP) is 6.60. The second-order valence-electron chi connectivity index (χ2n) is 9.54. The molecule has 0 saturated heterocycles. The van der Waals surface area contributed by atoms with Crippen LogP contribution in [0.1, 0.15) is 43.2 Å². The molecule has 1 fully saturated rings. The molecular weight excluding hydrogens is 526 g/mol. The molecule has 38 heavy (non-hydrogen) atoms. The highest BCUT2D eigenvalue weighted by molar-refractivity contribution is 6.42. The van der Waals surface area contributed by atoms with Crippen LogP contribution in [0.3, 0.4) is 0 Å². The largest absolute Gasteiger partial charge is 0.481 e. The van der Waals surface area contributed by atoms with Crippen LogP contribution in [0.15, 0.2) is 72.8 Å². The molecule has 0 heterocycles. The summed E-state index contributed by atoms with van der Waals surface area (Å²) in [4.78, 5) is 28.9. The Kier molecular flexibility index (Phi) is 10.0. The van der Waals surface area contributed by atoms with Crippen LogP contribution in [-0.2, 0) is 22.6 Å². The first-order valence-electron chi connectivity index (χ1n) is 12.9. The van der Waals surface area contributed by atoms with Crippen LogP contribution < -0.4 is 10.1 Å². The molecule has 1 aliphatic carbocycles. The minimum Gasteiger partial charge on any atom is -0.481 e. The maximum absolute atomic E-state index is 14.2. The molecule has 0 radical (unpaired) electrons. The van der Waals surface area contributed by atoms with Crippen molar-refractivity contribution >= 4 is 35.0 Å². The fourth-order valence-corrected chi connectivity index (χ4v) is 5.04. The molecule has 8 heteroatoms. The molecule has 0 aliphatic heterocycles. The van der Waals surface area contributed by atoms with Crippen LogP contribution >= 0.6 is 23.2 Å². The van der Waals surface area contributed by atoms with Gasteiger partial charge in [0.05, 0.1) is 10.0 Å². The van der Waals surface area contributed by atoms with E-state index in [1.54, 1.807) is 30.3 Å². The van der Waals surface area contributed by atoms with Crippen LogP contribution in [0.25, 0.3) is 0 Å². The van der Waals surface area contributed by atoms with Crippen molar-refractivity contribution in [2.75, 3.05) is 6.61 Å². The van der Waals surface area contributed by atoms with Gasteiger partial charge in [-0.05, 0) is 48.2 Å². The molecule has 200 valence electrons. The van der Waals surface area contributed by atoms with Crippen molar-refractivity contribution in [3.8, 4) is 5.75 Å². The zero-order chi connectivity index (χ0) is 26.9. The molecule has 5 nitrogen and oxygen atoms in total. The van der Waals surface area contributed by atoms with Crippen molar-refractivity contribution in [1.82, 2.24) is 10.2 Å². The van der Waals surface area contributed by atoms with E-state index in [0.717, 1.165) is 37.7 Å². The molecule has 0 bridgehead atoms. The van der Waals surface area contributed by atoms with Crippen molar-refractivity contribution in [3.63, 3.8) is 0 Å². The standard InChI is InChI=1S/C30H31Cl2FN2O3/c31-24-16-15-22(17-25(24)32)19-35(29(36)20-38-28-14-8-7-13-26(28)33)27(18-21-9-3-1-4-10-21)30(37)34-23-11-5-2-6-12-23/h1,3-4,7-10,13-17,23,27H,2,5-6,11-12,18-20H2,(H,34,37). The number of rotatable bonds is 10. The second kappa shape index (κ2) is 13.6. The number of nitrogens with one attached hydrogen (secondary N) is 1. The quantitative estimate of drug-likeness (QED) is 0.306. The third-order valence-corrected chi connectivity index (χ3v) is 7.49. The van der Waals surface area contributed by atoms with Crippen molar-refractivity contribution in [2.45, 2.75) is 57.2 Å². The lowest BCUT2D eigenvalue weighted by Crippen LogP contribution is -2.53. The van der Waals surface area contributed by atoms with Crippen LogP contribution in [0.4, 0.5) is 4.39 Å². The Hall–Kier alpha value is -3.09. The number of benzene rings is 3.